The monoisotopic (exact) mass is 245 g/mol. The summed E-state index contributed by atoms with van der Waals surface area (Å²) in [6, 6.07) is 6.05. The molecule has 0 bridgehead atoms. The van der Waals surface area contributed by atoms with E-state index in [2.05, 4.69) is 4.90 Å². The van der Waals surface area contributed by atoms with Crippen molar-refractivity contribution in [1.29, 1.82) is 0 Å². The third-order valence-electron chi connectivity index (χ3n) is 3.76. The Morgan fingerprint density at radius 3 is 2.50 bits per heavy atom. The highest BCUT2D eigenvalue weighted by Gasteiger charge is 2.34. The van der Waals surface area contributed by atoms with Crippen LogP contribution in [0.4, 0.5) is 11.4 Å². The molecule has 4 nitrogen and oxygen atoms in total. The molecule has 0 spiro atoms. The molecule has 0 heterocycles. The number of carbonyl (C=O) groups is 1. The third kappa shape index (κ3) is 2.28. The molecule has 0 radical (unpaired) electrons. The second kappa shape index (κ2) is 4.19. The summed E-state index contributed by atoms with van der Waals surface area (Å²) in [5.41, 5.74) is 13.6. The number of primary amides is 1. The van der Waals surface area contributed by atoms with E-state index in [4.69, 9.17) is 11.5 Å². The van der Waals surface area contributed by atoms with E-state index in [9.17, 15) is 4.79 Å². The molecule has 4 N–H and O–H groups in total. The molecule has 1 aromatic rings. The van der Waals surface area contributed by atoms with E-state index < -0.39 is 5.91 Å². The molecule has 0 aliphatic heterocycles. The number of hydrogen-bond acceptors (Lipinski definition) is 3. The van der Waals surface area contributed by atoms with Crippen molar-refractivity contribution in [2.75, 3.05) is 17.2 Å². The smallest absolute Gasteiger partial charge is 0.248 e. The summed E-state index contributed by atoms with van der Waals surface area (Å²) in [5.74, 6) is 0.411. The summed E-state index contributed by atoms with van der Waals surface area (Å²) in [5, 5.41) is 0. The fourth-order valence-electron chi connectivity index (χ4n) is 2.38. The van der Waals surface area contributed by atoms with E-state index in [1.165, 1.54) is 25.7 Å². The van der Waals surface area contributed by atoms with Crippen LogP contribution in [0.1, 0.15) is 36.0 Å². The van der Waals surface area contributed by atoms with Crippen molar-refractivity contribution >= 4 is 17.3 Å². The van der Waals surface area contributed by atoms with Gasteiger partial charge in [0.15, 0.2) is 0 Å². The van der Waals surface area contributed by atoms with Crippen molar-refractivity contribution in [1.82, 2.24) is 0 Å². The lowest BCUT2D eigenvalue weighted by Crippen LogP contribution is -2.29. The molecule has 0 unspecified atom stereocenters. The van der Waals surface area contributed by atoms with Crippen molar-refractivity contribution in [2.45, 2.75) is 31.7 Å². The first-order valence-electron chi connectivity index (χ1n) is 6.61. The fraction of sp³-hybridized carbons (Fsp3) is 0.500. The van der Waals surface area contributed by atoms with Gasteiger partial charge in [0.1, 0.15) is 0 Å². The van der Waals surface area contributed by atoms with E-state index >= 15 is 0 Å². The first-order valence-corrected chi connectivity index (χ1v) is 6.61. The average Bonchev–Trinajstić information content (AvgIpc) is 3.19. The summed E-state index contributed by atoms with van der Waals surface area (Å²) in [6.45, 7) is 1.10. The Morgan fingerprint density at radius 2 is 2.00 bits per heavy atom. The second-order valence-corrected chi connectivity index (χ2v) is 5.46. The topological polar surface area (TPSA) is 72.4 Å². The average molecular weight is 245 g/mol. The minimum absolute atomic E-state index is 0.423. The standard InChI is InChI=1S/C14H19N3O/c15-12-7-10(14(16)18)3-6-13(12)17(11-4-5-11)8-9-1-2-9/h3,6-7,9,11H,1-2,4-5,8,15H2,(H2,16,18). The SMILES string of the molecule is NC(=O)c1ccc(N(CC2CC2)C2CC2)c(N)c1. The predicted molar refractivity (Wildman–Crippen MR) is 72.5 cm³/mol. The van der Waals surface area contributed by atoms with Gasteiger partial charge in [-0.25, -0.2) is 0 Å². The third-order valence-corrected chi connectivity index (χ3v) is 3.76. The highest BCUT2D eigenvalue weighted by molar-refractivity contribution is 5.95. The number of nitrogens with two attached hydrogens (primary N) is 2. The lowest BCUT2D eigenvalue weighted by Gasteiger charge is -2.26. The van der Waals surface area contributed by atoms with Crippen molar-refractivity contribution in [3.05, 3.63) is 23.8 Å². The summed E-state index contributed by atoms with van der Waals surface area (Å²) in [4.78, 5) is 13.5. The molecular weight excluding hydrogens is 226 g/mol. The van der Waals surface area contributed by atoms with Crippen molar-refractivity contribution in [2.24, 2.45) is 11.7 Å². The Morgan fingerprint density at radius 1 is 1.28 bits per heavy atom. The summed E-state index contributed by atoms with van der Waals surface area (Å²) >= 11 is 0. The minimum atomic E-state index is -0.423. The van der Waals surface area contributed by atoms with Crippen LogP contribution in [0, 0.1) is 5.92 Å². The van der Waals surface area contributed by atoms with E-state index in [1.807, 2.05) is 6.07 Å². The first-order chi connectivity index (χ1) is 8.65. The lowest BCUT2D eigenvalue weighted by atomic mass is 10.1. The largest absolute Gasteiger partial charge is 0.397 e. The number of nitrogens with zero attached hydrogens (tertiary/aromatic N) is 1. The Kier molecular flexibility index (Phi) is 2.65. The number of anilines is 2. The summed E-state index contributed by atoms with van der Waals surface area (Å²) < 4.78 is 0. The maximum atomic E-state index is 11.1. The van der Waals surface area contributed by atoms with Crippen LogP contribution in [0.5, 0.6) is 0 Å². The van der Waals surface area contributed by atoms with Crippen LogP contribution in [0.15, 0.2) is 18.2 Å². The van der Waals surface area contributed by atoms with Gasteiger partial charge in [0.25, 0.3) is 0 Å². The van der Waals surface area contributed by atoms with E-state index in [0.717, 1.165) is 18.2 Å². The quantitative estimate of drug-likeness (QED) is 0.776. The molecule has 18 heavy (non-hydrogen) atoms. The van der Waals surface area contributed by atoms with Gasteiger partial charge in [-0.05, 0) is 49.8 Å². The number of nitrogen functional groups attached to an aromatic ring is 1. The minimum Gasteiger partial charge on any atom is -0.397 e. The Balaban J connectivity index is 1.86. The molecule has 2 saturated carbocycles. The number of rotatable bonds is 5. The van der Waals surface area contributed by atoms with E-state index in [-0.39, 0.29) is 0 Å². The number of benzene rings is 1. The summed E-state index contributed by atoms with van der Waals surface area (Å²) in [7, 11) is 0. The molecular formula is C14H19N3O. The maximum Gasteiger partial charge on any atom is 0.248 e. The van der Waals surface area contributed by atoms with Gasteiger partial charge in [-0.3, -0.25) is 4.79 Å². The fourth-order valence-corrected chi connectivity index (χ4v) is 2.38. The van der Waals surface area contributed by atoms with Gasteiger partial charge in [0.05, 0.1) is 11.4 Å². The van der Waals surface area contributed by atoms with Crippen LogP contribution in [0.2, 0.25) is 0 Å². The van der Waals surface area contributed by atoms with Crippen molar-refractivity contribution in [3.63, 3.8) is 0 Å². The highest BCUT2D eigenvalue weighted by atomic mass is 16.1. The molecule has 2 aliphatic rings. The number of carbonyl (C=O) groups excluding carboxylic acids is 1. The van der Waals surface area contributed by atoms with Crippen LogP contribution >= 0.6 is 0 Å². The predicted octanol–water partition coefficient (Wildman–Crippen LogP) is 1.75. The molecule has 0 atom stereocenters. The maximum absolute atomic E-state index is 11.1. The normalized spacial score (nSPS) is 18.7. The van der Waals surface area contributed by atoms with Crippen LogP contribution in [0.25, 0.3) is 0 Å². The van der Waals surface area contributed by atoms with Gasteiger partial charge in [0, 0.05) is 18.2 Å². The van der Waals surface area contributed by atoms with Gasteiger partial charge < -0.3 is 16.4 Å². The second-order valence-electron chi connectivity index (χ2n) is 5.46. The Labute approximate surface area is 107 Å². The van der Waals surface area contributed by atoms with Crippen LogP contribution in [-0.4, -0.2) is 18.5 Å². The van der Waals surface area contributed by atoms with Crippen LogP contribution < -0.4 is 16.4 Å². The van der Waals surface area contributed by atoms with Crippen LogP contribution in [0.3, 0.4) is 0 Å². The highest BCUT2D eigenvalue weighted by Crippen LogP contribution is 2.39. The Bertz CT molecular complexity index is 478. The van der Waals surface area contributed by atoms with E-state index in [1.54, 1.807) is 12.1 Å². The molecule has 0 saturated heterocycles. The lowest BCUT2D eigenvalue weighted by molar-refractivity contribution is 0.100. The van der Waals surface area contributed by atoms with Crippen LogP contribution in [-0.2, 0) is 0 Å². The zero-order chi connectivity index (χ0) is 12.7. The van der Waals surface area contributed by atoms with Crippen molar-refractivity contribution < 1.29 is 4.79 Å². The number of amides is 1. The van der Waals surface area contributed by atoms with Gasteiger partial charge in [0.2, 0.25) is 5.91 Å². The zero-order valence-electron chi connectivity index (χ0n) is 10.4. The molecule has 1 aromatic carbocycles. The summed E-state index contributed by atoms with van der Waals surface area (Å²) in [6.07, 6.45) is 5.18. The molecule has 0 aromatic heterocycles. The van der Waals surface area contributed by atoms with Gasteiger partial charge in [-0.2, -0.15) is 0 Å². The molecule has 3 rings (SSSR count). The number of hydrogen-bond donors (Lipinski definition) is 2. The Hall–Kier alpha value is -1.71. The zero-order valence-corrected chi connectivity index (χ0v) is 10.4. The van der Waals surface area contributed by atoms with Gasteiger partial charge >= 0.3 is 0 Å². The first kappa shape index (κ1) is 11.4. The molecule has 4 heteroatoms. The molecule has 2 fully saturated rings. The van der Waals surface area contributed by atoms with Gasteiger partial charge in [-0.15, -0.1) is 0 Å². The van der Waals surface area contributed by atoms with E-state index in [0.29, 0.717) is 17.3 Å². The van der Waals surface area contributed by atoms with Crippen molar-refractivity contribution in [3.8, 4) is 0 Å². The van der Waals surface area contributed by atoms with Gasteiger partial charge in [-0.1, -0.05) is 0 Å². The molecule has 96 valence electrons. The molecule has 1 amide bonds. The molecule has 2 aliphatic carbocycles.